The van der Waals surface area contributed by atoms with Gasteiger partial charge in [-0.25, -0.2) is 4.79 Å². The molecule has 0 aromatic heterocycles. The molecule has 0 saturated heterocycles. The van der Waals surface area contributed by atoms with Gasteiger partial charge in [0.1, 0.15) is 6.10 Å². The normalized spacial score (nSPS) is 11.7. The molecule has 1 unspecified atom stereocenters. The summed E-state index contributed by atoms with van der Waals surface area (Å²) in [5.74, 6) is -0.418. The fraction of sp³-hybridized carbons (Fsp3) is 0.176. The Morgan fingerprint density at radius 3 is 2.00 bits per heavy atom. The van der Waals surface area contributed by atoms with Gasteiger partial charge in [0.25, 0.3) is 0 Å². The average Bonchev–Trinajstić information content (AvgIpc) is 2.48. The molecule has 2 aromatic carbocycles. The molecule has 0 amide bonds. The molecule has 0 heterocycles. The minimum absolute atomic E-state index is 0.0254. The van der Waals surface area contributed by atoms with E-state index in [9.17, 15) is 9.59 Å². The van der Waals surface area contributed by atoms with E-state index >= 15 is 0 Å². The molecule has 2 rings (SSSR count). The number of ether oxygens (including phenoxy) is 1. The fourth-order valence-corrected chi connectivity index (χ4v) is 1.86. The standard InChI is InChI=1S/C17H16O3/c1-12(18)14-8-10-16(11-9-14)17(19)20-13(2)15-6-4-3-5-7-15/h3-11,13H,1-2H3. The van der Waals surface area contributed by atoms with E-state index in [1.54, 1.807) is 24.3 Å². The molecule has 0 radical (unpaired) electrons. The topological polar surface area (TPSA) is 43.4 Å². The molecule has 0 spiro atoms. The van der Waals surface area contributed by atoms with Crippen LogP contribution in [0.5, 0.6) is 0 Å². The molecule has 20 heavy (non-hydrogen) atoms. The smallest absolute Gasteiger partial charge is 0.338 e. The molecule has 0 aliphatic rings. The third-order valence-corrected chi connectivity index (χ3v) is 3.08. The number of benzene rings is 2. The summed E-state index contributed by atoms with van der Waals surface area (Å²) in [5.41, 5.74) is 1.97. The van der Waals surface area contributed by atoms with Crippen LogP contribution < -0.4 is 0 Å². The Hall–Kier alpha value is -2.42. The maximum atomic E-state index is 12.0. The van der Waals surface area contributed by atoms with Crippen LogP contribution in [0.1, 0.15) is 46.2 Å². The van der Waals surface area contributed by atoms with Crippen molar-refractivity contribution in [1.82, 2.24) is 0 Å². The zero-order valence-electron chi connectivity index (χ0n) is 11.5. The highest BCUT2D eigenvalue weighted by atomic mass is 16.5. The number of rotatable bonds is 4. The summed E-state index contributed by atoms with van der Waals surface area (Å²) in [6, 6.07) is 16.0. The number of hydrogen-bond acceptors (Lipinski definition) is 3. The minimum atomic E-state index is -0.392. The van der Waals surface area contributed by atoms with Crippen molar-refractivity contribution in [2.75, 3.05) is 0 Å². The molecule has 3 nitrogen and oxygen atoms in total. The van der Waals surface area contributed by atoms with Crippen LogP contribution in [0.15, 0.2) is 54.6 Å². The molecule has 1 atom stereocenters. The van der Waals surface area contributed by atoms with E-state index in [4.69, 9.17) is 4.74 Å². The number of carbonyl (C=O) groups excluding carboxylic acids is 2. The van der Waals surface area contributed by atoms with Crippen molar-refractivity contribution in [2.24, 2.45) is 0 Å². The van der Waals surface area contributed by atoms with Gasteiger partial charge >= 0.3 is 5.97 Å². The lowest BCUT2D eigenvalue weighted by Gasteiger charge is -2.13. The summed E-state index contributed by atoms with van der Waals surface area (Å²) in [6.45, 7) is 3.32. The Bertz CT molecular complexity index is 600. The van der Waals surface area contributed by atoms with Crippen LogP contribution in [0.25, 0.3) is 0 Å². The van der Waals surface area contributed by atoms with Gasteiger partial charge in [-0.2, -0.15) is 0 Å². The molecule has 0 saturated carbocycles. The van der Waals surface area contributed by atoms with E-state index in [1.807, 2.05) is 37.3 Å². The van der Waals surface area contributed by atoms with Crippen LogP contribution in [-0.2, 0) is 4.74 Å². The lowest BCUT2D eigenvalue weighted by Crippen LogP contribution is -2.09. The summed E-state index contributed by atoms with van der Waals surface area (Å²) >= 11 is 0. The minimum Gasteiger partial charge on any atom is -0.454 e. The Morgan fingerprint density at radius 1 is 0.900 bits per heavy atom. The van der Waals surface area contributed by atoms with Crippen molar-refractivity contribution in [1.29, 1.82) is 0 Å². The molecule has 0 aliphatic heterocycles. The molecule has 0 aliphatic carbocycles. The number of carbonyl (C=O) groups is 2. The lowest BCUT2D eigenvalue weighted by atomic mass is 10.1. The SMILES string of the molecule is CC(=O)c1ccc(C(=O)OC(C)c2ccccc2)cc1. The summed E-state index contributed by atoms with van der Waals surface area (Å²) < 4.78 is 5.40. The Balaban J connectivity index is 2.06. The zero-order valence-corrected chi connectivity index (χ0v) is 11.5. The van der Waals surface area contributed by atoms with Crippen LogP contribution in [0.3, 0.4) is 0 Å². The van der Waals surface area contributed by atoms with Crippen molar-refractivity contribution < 1.29 is 14.3 Å². The third-order valence-electron chi connectivity index (χ3n) is 3.08. The molecule has 0 N–H and O–H groups in total. The number of Topliss-reactive ketones (excluding diaryl/α,β-unsaturated/α-hetero) is 1. The second-order valence-electron chi connectivity index (χ2n) is 4.59. The molecule has 102 valence electrons. The summed E-state index contributed by atoms with van der Waals surface area (Å²) in [7, 11) is 0. The molecule has 0 bridgehead atoms. The van der Waals surface area contributed by atoms with E-state index in [1.165, 1.54) is 6.92 Å². The van der Waals surface area contributed by atoms with E-state index in [-0.39, 0.29) is 11.9 Å². The van der Waals surface area contributed by atoms with Gasteiger partial charge in [0.2, 0.25) is 0 Å². The largest absolute Gasteiger partial charge is 0.454 e. The van der Waals surface area contributed by atoms with Crippen LogP contribution in [0.4, 0.5) is 0 Å². The Kier molecular flexibility index (Phi) is 4.31. The monoisotopic (exact) mass is 268 g/mol. The van der Waals surface area contributed by atoms with Gasteiger partial charge in [-0.05, 0) is 31.5 Å². The van der Waals surface area contributed by atoms with Crippen molar-refractivity contribution in [3.63, 3.8) is 0 Å². The highest BCUT2D eigenvalue weighted by Crippen LogP contribution is 2.18. The number of hydrogen-bond donors (Lipinski definition) is 0. The van der Waals surface area contributed by atoms with Crippen molar-refractivity contribution in [2.45, 2.75) is 20.0 Å². The predicted molar refractivity (Wildman–Crippen MR) is 76.7 cm³/mol. The van der Waals surface area contributed by atoms with Gasteiger partial charge in [0, 0.05) is 5.56 Å². The summed E-state index contributed by atoms with van der Waals surface area (Å²) in [5, 5.41) is 0. The first-order chi connectivity index (χ1) is 9.58. The van der Waals surface area contributed by atoms with Crippen molar-refractivity contribution in [3.8, 4) is 0 Å². The van der Waals surface area contributed by atoms with E-state index in [0.29, 0.717) is 11.1 Å². The first-order valence-electron chi connectivity index (χ1n) is 6.45. The van der Waals surface area contributed by atoms with Crippen molar-refractivity contribution in [3.05, 3.63) is 71.3 Å². The second-order valence-corrected chi connectivity index (χ2v) is 4.59. The summed E-state index contributed by atoms with van der Waals surface area (Å²) in [4.78, 5) is 23.2. The van der Waals surface area contributed by atoms with E-state index in [0.717, 1.165) is 5.56 Å². The quantitative estimate of drug-likeness (QED) is 0.625. The fourth-order valence-electron chi connectivity index (χ4n) is 1.86. The van der Waals surface area contributed by atoms with Crippen LogP contribution in [-0.4, -0.2) is 11.8 Å². The lowest BCUT2D eigenvalue weighted by molar-refractivity contribution is 0.0337. The molecule has 0 fully saturated rings. The van der Waals surface area contributed by atoms with Gasteiger partial charge in [-0.1, -0.05) is 42.5 Å². The highest BCUT2D eigenvalue weighted by molar-refractivity contribution is 5.96. The van der Waals surface area contributed by atoms with Crippen molar-refractivity contribution >= 4 is 11.8 Å². The van der Waals surface area contributed by atoms with E-state index in [2.05, 4.69) is 0 Å². The maximum Gasteiger partial charge on any atom is 0.338 e. The first-order valence-corrected chi connectivity index (χ1v) is 6.45. The third kappa shape index (κ3) is 3.32. The zero-order chi connectivity index (χ0) is 14.5. The maximum absolute atomic E-state index is 12.0. The van der Waals surface area contributed by atoms with Crippen LogP contribution in [0, 0.1) is 0 Å². The van der Waals surface area contributed by atoms with E-state index < -0.39 is 5.97 Å². The first kappa shape index (κ1) is 14.0. The highest BCUT2D eigenvalue weighted by Gasteiger charge is 2.13. The van der Waals surface area contributed by atoms with Crippen LogP contribution in [0.2, 0.25) is 0 Å². The molecular weight excluding hydrogens is 252 g/mol. The van der Waals surface area contributed by atoms with Gasteiger partial charge in [-0.3, -0.25) is 4.79 Å². The van der Waals surface area contributed by atoms with Gasteiger partial charge in [-0.15, -0.1) is 0 Å². The summed E-state index contributed by atoms with van der Waals surface area (Å²) in [6.07, 6.45) is -0.309. The van der Waals surface area contributed by atoms with Gasteiger partial charge in [0.05, 0.1) is 5.56 Å². The van der Waals surface area contributed by atoms with Gasteiger partial charge < -0.3 is 4.74 Å². The number of ketones is 1. The van der Waals surface area contributed by atoms with Gasteiger partial charge in [0.15, 0.2) is 5.78 Å². The predicted octanol–water partition coefficient (Wildman–Crippen LogP) is 3.81. The Labute approximate surface area is 118 Å². The second kappa shape index (κ2) is 6.15. The molecule has 2 aromatic rings. The average molecular weight is 268 g/mol. The Morgan fingerprint density at radius 2 is 1.45 bits per heavy atom. The molecule has 3 heteroatoms. The number of esters is 1. The molecular formula is C17H16O3. The van der Waals surface area contributed by atoms with Crippen LogP contribution >= 0.6 is 0 Å².